The van der Waals surface area contributed by atoms with E-state index in [0.717, 1.165) is 22.6 Å². The van der Waals surface area contributed by atoms with Crippen LogP contribution in [0.15, 0.2) is 52.3 Å². The molecule has 2 aromatic rings. The molecule has 4 nitrogen and oxygen atoms in total. The summed E-state index contributed by atoms with van der Waals surface area (Å²) in [5.41, 5.74) is -0.235. The topological polar surface area (TPSA) is 72.2 Å². The SMILES string of the molecule is CC(C)Sc1ccc(C(C)Nc2ccc(S(N)(=O)=O)c(C(F)(F)F)c2)cc1. The molecule has 0 aliphatic carbocycles. The molecule has 0 saturated heterocycles. The smallest absolute Gasteiger partial charge is 0.379 e. The molecule has 0 radical (unpaired) electrons. The van der Waals surface area contributed by atoms with Gasteiger partial charge in [-0.15, -0.1) is 11.8 Å². The van der Waals surface area contributed by atoms with Gasteiger partial charge in [0.1, 0.15) is 0 Å². The summed E-state index contributed by atoms with van der Waals surface area (Å²) in [5.74, 6) is 0. The van der Waals surface area contributed by atoms with Crippen molar-refractivity contribution in [2.24, 2.45) is 5.14 Å². The minimum atomic E-state index is -4.83. The number of rotatable bonds is 6. The Hall–Kier alpha value is -1.71. The first-order chi connectivity index (χ1) is 12.4. The summed E-state index contributed by atoms with van der Waals surface area (Å²) < 4.78 is 62.5. The van der Waals surface area contributed by atoms with Crippen LogP contribution in [0.2, 0.25) is 0 Å². The number of thioether (sulfide) groups is 1. The van der Waals surface area contributed by atoms with Crippen LogP contribution in [0.5, 0.6) is 0 Å². The van der Waals surface area contributed by atoms with Crippen molar-refractivity contribution in [2.45, 2.75) is 48.0 Å². The van der Waals surface area contributed by atoms with Gasteiger partial charge in [0.05, 0.1) is 10.5 Å². The first-order valence-electron chi connectivity index (χ1n) is 8.15. The Labute approximate surface area is 161 Å². The molecule has 0 amide bonds. The number of anilines is 1. The lowest BCUT2D eigenvalue weighted by atomic mass is 10.1. The molecule has 27 heavy (non-hydrogen) atoms. The van der Waals surface area contributed by atoms with Gasteiger partial charge in [-0.1, -0.05) is 26.0 Å². The van der Waals surface area contributed by atoms with E-state index in [1.165, 1.54) is 6.07 Å². The third kappa shape index (κ3) is 5.88. The zero-order chi connectivity index (χ0) is 20.4. The highest BCUT2D eigenvalue weighted by Crippen LogP contribution is 2.36. The number of benzene rings is 2. The average Bonchev–Trinajstić information content (AvgIpc) is 2.53. The van der Waals surface area contributed by atoms with E-state index in [9.17, 15) is 21.6 Å². The first-order valence-corrected chi connectivity index (χ1v) is 10.6. The quantitative estimate of drug-likeness (QED) is 0.646. The van der Waals surface area contributed by atoms with E-state index in [2.05, 4.69) is 19.2 Å². The number of sulfonamides is 1. The molecule has 0 bridgehead atoms. The molecular formula is C18H21F3N2O2S2. The summed E-state index contributed by atoms with van der Waals surface area (Å²) in [4.78, 5) is 0.168. The first kappa shape index (κ1) is 21.6. The summed E-state index contributed by atoms with van der Waals surface area (Å²) in [6.07, 6.45) is -4.83. The summed E-state index contributed by atoms with van der Waals surface area (Å²) >= 11 is 1.72. The molecule has 0 fully saturated rings. The van der Waals surface area contributed by atoms with E-state index in [-0.39, 0.29) is 11.7 Å². The van der Waals surface area contributed by atoms with Crippen molar-refractivity contribution in [3.8, 4) is 0 Å². The number of primary sulfonamides is 1. The molecule has 1 unspecified atom stereocenters. The van der Waals surface area contributed by atoms with Crippen molar-refractivity contribution >= 4 is 27.5 Å². The van der Waals surface area contributed by atoms with Gasteiger partial charge in [-0.05, 0) is 42.8 Å². The number of hydrogen-bond donors (Lipinski definition) is 2. The van der Waals surface area contributed by atoms with E-state index in [1.54, 1.807) is 11.8 Å². The largest absolute Gasteiger partial charge is 0.417 e. The van der Waals surface area contributed by atoms with Crippen LogP contribution in [0.3, 0.4) is 0 Å². The number of alkyl halides is 3. The minimum Gasteiger partial charge on any atom is -0.379 e. The molecule has 9 heteroatoms. The molecule has 0 spiro atoms. The molecule has 3 N–H and O–H groups in total. The summed E-state index contributed by atoms with van der Waals surface area (Å²) in [7, 11) is -4.48. The maximum Gasteiger partial charge on any atom is 0.417 e. The normalized spacial score (nSPS) is 13.6. The van der Waals surface area contributed by atoms with Crippen molar-refractivity contribution < 1.29 is 21.6 Å². The number of hydrogen-bond acceptors (Lipinski definition) is 4. The fourth-order valence-corrected chi connectivity index (χ4v) is 4.11. The van der Waals surface area contributed by atoms with Crippen LogP contribution in [0.1, 0.15) is 37.9 Å². The lowest BCUT2D eigenvalue weighted by Crippen LogP contribution is -2.19. The second-order valence-electron chi connectivity index (χ2n) is 6.36. The zero-order valence-electron chi connectivity index (χ0n) is 15.0. The van der Waals surface area contributed by atoms with Gasteiger partial charge in [-0.25, -0.2) is 13.6 Å². The average molecular weight is 419 g/mol. The lowest BCUT2D eigenvalue weighted by Gasteiger charge is -2.19. The van der Waals surface area contributed by atoms with Gasteiger partial charge < -0.3 is 5.32 Å². The molecule has 0 heterocycles. The lowest BCUT2D eigenvalue weighted by molar-refractivity contribution is -0.139. The van der Waals surface area contributed by atoms with Crippen molar-refractivity contribution in [3.63, 3.8) is 0 Å². The predicted octanol–water partition coefficient (Wildman–Crippen LogP) is 5.03. The Morgan fingerprint density at radius 2 is 1.63 bits per heavy atom. The number of halogens is 3. The standard InChI is InChI=1S/C18H21F3N2O2S2/c1-11(2)26-15-7-4-13(5-8-15)12(3)23-14-6-9-17(27(22,24)25)16(10-14)18(19,20)21/h4-12,23H,1-3H3,(H2,22,24,25). The Morgan fingerprint density at radius 1 is 1.04 bits per heavy atom. The van der Waals surface area contributed by atoms with Crippen LogP contribution in [0.4, 0.5) is 18.9 Å². The van der Waals surface area contributed by atoms with Crippen LogP contribution in [-0.2, 0) is 16.2 Å². The summed E-state index contributed by atoms with van der Waals surface area (Å²) in [5, 5.41) is 8.31. The van der Waals surface area contributed by atoms with E-state index in [0.29, 0.717) is 5.25 Å². The van der Waals surface area contributed by atoms with Crippen molar-refractivity contribution in [1.29, 1.82) is 0 Å². The highest BCUT2D eigenvalue weighted by Gasteiger charge is 2.36. The van der Waals surface area contributed by atoms with E-state index >= 15 is 0 Å². The molecule has 0 aliphatic heterocycles. The molecule has 2 aromatic carbocycles. The molecule has 1 atom stereocenters. The fourth-order valence-electron chi connectivity index (χ4n) is 2.53. The molecule has 0 saturated carbocycles. The van der Waals surface area contributed by atoms with E-state index < -0.39 is 26.7 Å². The van der Waals surface area contributed by atoms with Crippen LogP contribution in [-0.4, -0.2) is 13.7 Å². The maximum atomic E-state index is 13.2. The van der Waals surface area contributed by atoms with Gasteiger partial charge in [-0.3, -0.25) is 0 Å². The number of nitrogens with one attached hydrogen (secondary N) is 1. The summed E-state index contributed by atoms with van der Waals surface area (Å²) in [6.45, 7) is 5.99. The van der Waals surface area contributed by atoms with Crippen molar-refractivity contribution in [1.82, 2.24) is 0 Å². The van der Waals surface area contributed by atoms with Gasteiger partial charge in [-0.2, -0.15) is 13.2 Å². The van der Waals surface area contributed by atoms with Gasteiger partial charge in [0, 0.05) is 21.9 Å². The third-order valence-corrected chi connectivity index (χ3v) is 5.71. The second-order valence-corrected chi connectivity index (χ2v) is 9.54. The Kier molecular flexibility index (Phi) is 6.49. The van der Waals surface area contributed by atoms with Gasteiger partial charge in [0.25, 0.3) is 0 Å². The highest BCUT2D eigenvalue weighted by atomic mass is 32.2. The van der Waals surface area contributed by atoms with E-state index in [1.807, 2.05) is 31.2 Å². The molecule has 0 aliphatic rings. The van der Waals surface area contributed by atoms with Crippen LogP contribution >= 0.6 is 11.8 Å². The Bertz CT molecular complexity index is 896. The van der Waals surface area contributed by atoms with Crippen molar-refractivity contribution in [3.05, 3.63) is 53.6 Å². The van der Waals surface area contributed by atoms with Crippen LogP contribution in [0.25, 0.3) is 0 Å². The second kappa shape index (κ2) is 8.12. The Morgan fingerprint density at radius 3 is 2.11 bits per heavy atom. The molecule has 0 aromatic heterocycles. The minimum absolute atomic E-state index is 0.155. The highest BCUT2D eigenvalue weighted by molar-refractivity contribution is 7.99. The fraction of sp³-hybridized carbons (Fsp3) is 0.333. The van der Waals surface area contributed by atoms with Crippen LogP contribution in [0, 0.1) is 0 Å². The van der Waals surface area contributed by atoms with Gasteiger partial charge in [0.15, 0.2) is 0 Å². The third-order valence-electron chi connectivity index (χ3n) is 3.73. The molecule has 2 rings (SSSR count). The number of nitrogens with two attached hydrogens (primary N) is 1. The zero-order valence-corrected chi connectivity index (χ0v) is 16.7. The van der Waals surface area contributed by atoms with Gasteiger partial charge in [0.2, 0.25) is 10.0 Å². The van der Waals surface area contributed by atoms with Crippen molar-refractivity contribution in [2.75, 3.05) is 5.32 Å². The van der Waals surface area contributed by atoms with E-state index in [4.69, 9.17) is 5.14 Å². The molecular weight excluding hydrogens is 397 g/mol. The Balaban J connectivity index is 2.26. The maximum absolute atomic E-state index is 13.2. The summed E-state index contributed by atoms with van der Waals surface area (Å²) in [6, 6.07) is 10.4. The molecule has 148 valence electrons. The predicted molar refractivity (Wildman–Crippen MR) is 102 cm³/mol. The van der Waals surface area contributed by atoms with Crippen LogP contribution < -0.4 is 10.5 Å². The van der Waals surface area contributed by atoms with Gasteiger partial charge >= 0.3 is 6.18 Å². The monoisotopic (exact) mass is 418 g/mol.